The van der Waals surface area contributed by atoms with Crippen LogP contribution in [0.4, 0.5) is 0 Å². The Morgan fingerprint density at radius 3 is 2.72 bits per heavy atom. The van der Waals surface area contributed by atoms with Crippen LogP contribution in [-0.2, 0) is 6.54 Å². The van der Waals surface area contributed by atoms with Crippen LogP contribution in [0.15, 0.2) is 30.3 Å². The van der Waals surface area contributed by atoms with Gasteiger partial charge in [-0.1, -0.05) is 25.1 Å². The van der Waals surface area contributed by atoms with Crippen molar-refractivity contribution < 1.29 is 0 Å². The second-order valence-corrected chi connectivity index (χ2v) is 5.86. The van der Waals surface area contributed by atoms with Crippen molar-refractivity contribution in [3.05, 3.63) is 46.3 Å². The summed E-state index contributed by atoms with van der Waals surface area (Å²) in [6.07, 6.45) is 1.19. The topological polar surface area (TPSA) is 12.0 Å². The largest absolute Gasteiger partial charge is 0.312 e. The zero-order valence-corrected chi connectivity index (χ0v) is 12.2. The summed E-state index contributed by atoms with van der Waals surface area (Å²) in [5, 5.41) is 3.45. The number of benzene rings is 1. The lowest BCUT2D eigenvalue weighted by atomic mass is 10.0. The van der Waals surface area contributed by atoms with Crippen LogP contribution in [0.1, 0.15) is 29.3 Å². The first-order valence-electron chi connectivity index (χ1n) is 6.58. The van der Waals surface area contributed by atoms with E-state index in [1.807, 2.05) is 11.3 Å². The summed E-state index contributed by atoms with van der Waals surface area (Å²) in [7, 11) is 0. The molecular formula is C16H21NS. The maximum atomic E-state index is 3.45. The third-order valence-electron chi connectivity index (χ3n) is 3.26. The molecule has 2 rings (SSSR count). The molecule has 2 heteroatoms. The second kappa shape index (κ2) is 6.17. The lowest BCUT2D eigenvalue weighted by molar-refractivity contribution is 0.681. The minimum Gasteiger partial charge on any atom is -0.312 e. The molecule has 0 amide bonds. The number of nitrogens with one attached hydrogen (secondary N) is 1. The summed E-state index contributed by atoms with van der Waals surface area (Å²) in [6, 6.07) is 11.0. The Labute approximate surface area is 114 Å². The van der Waals surface area contributed by atoms with Gasteiger partial charge in [0.25, 0.3) is 0 Å². The molecule has 1 aromatic heterocycles. The van der Waals surface area contributed by atoms with Gasteiger partial charge in [0.1, 0.15) is 0 Å². The standard InChI is InChI=1S/C16H21NS/c1-4-10-17-11-14-8-9-16(18-14)15-7-5-6-12(2)13(15)3/h5-9,17H,4,10-11H2,1-3H3. The molecule has 0 spiro atoms. The van der Waals surface area contributed by atoms with Crippen LogP contribution in [0.2, 0.25) is 0 Å². The van der Waals surface area contributed by atoms with Crippen molar-refractivity contribution >= 4 is 11.3 Å². The minimum atomic E-state index is 0.989. The molecule has 0 fully saturated rings. The molecule has 0 radical (unpaired) electrons. The van der Waals surface area contributed by atoms with Gasteiger partial charge in [0.2, 0.25) is 0 Å². The number of aryl methyl sites for hydroxylation is 1. The van der Waals surface area contributed by atoms with Crippen LogP contribution in [0.5, 0.6) is 0 Å². The van der Waals surface area contributed by atoms with Gasteiger partial charge in [-0.25, -0.2) is 0 Å². The van der Waals surface area contributed by atoms with Crippen LogP contribution in [-0.4, -0.2) is 6.54 Å². The number of rotatable bonds is 5. The smallest absolute Gasteiger partial charge is 0.0348 e. The van der Waals surface area contributed by atoms with E-state index in [0.717, 1.165) is 13.1 Å². The molecule has 0 saturated carbocycles. The van der Waals surface area contributed by atoms with E-state index in [-0.39, 0.29) is 0 Å². The van der Waals surface area contributed by atoms with Crippen LogP contribution in [0, 0.1) is 13.8 Å². The molecule has 0 aliphatic heterocycles. The summed E-state index contributed by atoms with van der Waals surface area (Å²) >= 11 is 1.90. The Hall–Kier alpha value is -1.12. The highest BCUT2D eigenvalue weighted by atomic mass is 32.1. The molecule has 96 valence electrons. The van der Waals surface area contributed by atoms with Crippen LogP contribution in [0.25, 0.3) is 10.4 Å². The van der Waals surface area contributed by atoms with Gasteiger partial charge >= 0.3 is 0 Å². The Kier molecular flexibility index (Phi) is 4.56. The number of thiophene rings is 1. The first kappa shape index (κ1) is 13.3. The third kappa shape index (κ3) is 3.01. The first-order chi connectivity index (χ1) is 8.72. The molecule has 1 N–H and O–H groups in total. The Morgan fingerprint density at radius 2 is 1.94 bits per heavy atom. The highest BCUT2D eigenvalue weighted by molar-refractivity contribution is 7.15. The molecule has 1 nitrogen and oxygen atoms in total. The van der Waals surface area contributed by atoms with Crippen molar-refractivity contribution in [1.82, 2.24) is 5.32 Å². The molecule has 1 heterocycles. The van der Waals surface area contributed by atoms with E-state index in [4.69, 9.17) is 0 Å². The van der Waals surface area contributed by atoms with Crippen LogP contribution in [0.3, 0.4) is 0 Å². The molecular weight excluding hydrogens is 238 g/mol. The molecule has 2 aromatic rings. The lowest BCUT2D eigenvalue weighted by Crippen LogP contribution is -2.12. The van der Waals surface area contributed by atoms with E-state index in [1.54, 1.807) is 0 Å². The molecule has 0 aliphatic rings. The summed E-state index contributed by atoms with van der Waals surface area (Å²) in [4.78, 5) is 2.80. The van der Waals surface area contributed by atoms with E-state index in [0.29, 0.717) is 0 Å². The van der Waals surface area contributed by atoms with Gasteiger partial charge < -0.3 is 5.32 Å². The predicted octanol–water partition coefficient (Wildman–Crippen LogP) is 4.53. The van der Waals surface area contributed by atoms with Crippen molar-refractivity contribution in [3.63, 3.8) is 0 Å². The SMILES string of the molecule is CCCNCc1ccc(-c2cccc(C)c2C)s1. The first-order valence-corrected chi connectivity index (χ1v) is 7.40. The summed E-state index contributed by atoms with van der Waals surface area (Å²) in [5.74, 6) is 0. The molecule has 0 saturated heterocycles. The Morgan fingerprint density at radius 1 is 1.11 bits per heavy atom. The van der Waals surface area contributed by atoms with Crippen LogP contribution < -0.4 is 5.32 Å². The average molecular weight is 259 g/mol. The van der Waals surface area contributed by atoms with Gasteiger partial charge in [-0.3, -0.25) is 0 Å². The predicted molar refractivity (Wildman–Crippen MR) is 81.2 cm³/mol. The van der Waals surface area contributed by atoms with Crippen molar-refractivity contribution in [3.8, 4) is 10.4 Å². The van der Waals surface area contributed by atoms with Gasteiger partial charge in [0.05, 0.1) is 0 Å². The lowest BCUT2D eigenvalue weighted by Gasteiger charge is -2.06. The quantitative estimate of drug-likeness (QED) is 0.778. The van der Waals surface area contributed by atoms with Gasteiger partial charge in [-0.15, -0.1) is 11.3 Å². The van der Waals surface area contributed by atoms with E-state index in [9.17, 15) is 0 Å². The monoisotopic (exact) mass is 259 g/mol. The van der Waals surface area contributed by atoms with Crippen molar-refractivity contribution in [1.29, 1.82) is 0 Å². The number of hydrogen-bond acceptors (Lipinski definition) is 2. The maximum Gasteiger partial charge on any atom is 0.0348 e. The third-order valence-corrected chi connectivity index (χ3v) is 4.38. The molecule has 0 aliphatic carbocycles. The normalized spacial score (nSPS) is 10.8. The van der Waals surface area contributed by atoms with E-state index in [1.165, 1.54) is 32.9 Å². The Balaban J connectivity index is 2.16. The zero-order valence-electron chi connectivity index (χ0n) is 11.4. The van der Waals surface area contributed by atoms with Crippen molar-refractivity contribution in [2.75, 3.05) is 6.54 Å². The maximum absolute atomic E-state index is 3.45. The average Bonchev–Trinajstić information content (AvgIpc) is 2.82. The molecule has 0 bridgehead atoms. The zero-order chi connectivity index (χ0) is 13.0. The van der Waals surface area contributed by atoms with Gasteiger partial charge in [-0.2, -0.15) is 0 Å². The highest BCUT2D eigenvalue weighted by Crippen LogP contribution is 2.31. The van der Waals surface area contributed by atoms with Crippen LogP contribution >= 0.6 is 11.3 Å². The van der Waals surface area contributed by atoms with E-state index in [2.05, 4.69) is 56.4 Å². The van der Waals surface area contributed by atoms with Gasteiger partial charge in [-0.05, 0) is 55.6 Å². The van der Waals surface area contributed by atoms with E-state index < -0.39 is 0 Å². The molecule has 0 atom stereocenters. The molecule has 18 heavy (non-hydrogen) atoms. The van der Waals surface area contributed by atoms with E-state index >= 15 is 0 Å². The summed E-state index contributed by atoms with van der Waals surface area (Å²) in [6.45, 7) is 8.67. The summed E-state index contributed by atoms with van der Waals surface area (Å²) < 4.78 is 0. The van der Waals surface area contributed by atoms with Gasteiger partial charge in [0.15, 0.2) is 0 Å². The fourth-order valence-electron chi connectivity index (χ4n) is 2.02. The fraction of sp³-hybridized carbons (Fsp3) is 0.375. The van der Waals surface area contributed by atoms with Crippen molar-refractivity contribution in [2.24, 2.45) is 0 Å². The molecule has 0 unspecified atom stereocenters. The highest BCUT2D eigenvalue weighted by Gasteiger charge is 2.06. The summed E-state index contributed by atoms with van der Waals surface area (Å²) in [5.41, 5.74) is 4.14. The van der Waals surface area contributed by atoms with Crippen molar-refractivity contribution in [2.45, 2.75) is 33.7 Å². The Bertz CT molecular complexity index is 514. The second-order valence-electron chi connectivity index (χ2n) is 4.69. The minimum absolute atomic E-state index is 0.989. The molecule has 1 aromatic carbocycles. The fourth-order valence-corrected chi connectivity index (χ4v) is 3.08. The number of hydrogen-bond donors (Lipinski definition) is 1. The van der Waals surface area contributed by atoms with Gasteiger partial charge in [0, 0.05) is 16.3 Å².